The third kappa shape index (κ3) is 7.07. The number of carbonyl (C=O) groups is 1. The molecule has 33 heavy (non-hydrogen) atoms. The average Bonchev–Trinajstić information content (AvgIpc) is 3.32. The summed E-state index contributed by atoms with van der Waals surface area (Å²) in [6, 6.07) is 12.5. The van der Waals surface area contributed by atoms with E-state index >= 15 is 0 Å². The van der Waals surface area contributed by atoms with Gasteiger partial charge in [0.2, 0.25) is 11.9 Å². The molecule has 3 N–H and O–H groups in total. The molecular weight excluding hydrogens is 414 g/mol. The van der Waals surface area contributed by atoms with Gasteiger partial charge in [0.05, 0.1) is 6.57 Å². The third-order valence-electron chi connectivity index (χ3n) is 4.90. The number of aromatic nitrogens is 3. The first-order valence-corrected chi connectivity index (χ1v) is 11.0. The van der Waals surface area contributed by atoms with E-state index in [0.29, 0.717) is 42.8 Å². The van der Waals surface area contributed by atoms with Crippen molar-refractivity contribution in [3.63, 3.8) is 0 Å². The van der Waals surface area contributed by atoms with E-state index in [1.165, 1.54) is 0 Å². The van der Waals surface area contributed by atoms with Crippen LogP contribution < -0.4 is 16.0 Å². The molecule has 0 aliphatic carbocycles. The number of nitrogens with one attached hydrogen (secondary N) is 3. The first-order valence-electron chi connectivity index (χ1n) is 11.0. The first-order chi connectivity index (χ1) is 15.8. The molecule has 8 heteroatoms. The fourth-order valence-electron chi connectivity index (χ4n) is 3.37. The number of carbonyl (C=O) groups excluding carboxylic acids is 1. The van der Waals surface area contributed by atoms with Crippen molar-refractivity contribution in [3.8, 4) is 5.82 Å². The van der Waals surface area contributed by atoms with Gasteiger partial charge in [-0.1, -0.05) is 45.0 Å². The molecule has 0 spiro atoms. The Bertz CT molecular complexity index is 1090. The Morgan fingerprint density at radius 1 is 1.15 bits per heavy atom. The van der Waals surface area contributed by atoms with Crippen LogP contribution in [0.5, 0.6) is 0 Å². The molecule has 0 fully saturated rings. The van der Waals surface area contributed by atoms with Crippen molar-refractivity contribution in [3.05, 3.63) is 71.8 Å². The van der Waals surface area contributed by atoms with Crippen LogP contribution in [0.2, 0.25) is 0 Å². The van der Waals surface area contributed by atoms with Crippen LogP contribution in [0.4, 0.5) is 17.5 Å². The van der Waals surface area contributed by atoms with Gasteiger partial charge in [0.1, 0.15) is 17.7 Å². The molecule has 0 aliphatic rings. The summed E-state index contributed by atoms with van der Waals surface area (Å²) in [6.45, 7) is 16.4. The lowest BCUT2D eigenvalue weighted by Gasteiger charge is -2.27. The van der Waals surface area contributed by atoms with Gasteiger partial charge in [-0.2, -0.15) is 9.97 Å². The molecule has 0 bridgehead atoms. The van der Waals surface area contributed by atoms with Gasteiger partial charge in [0.15, 0.2) is 5.69 Å². The highest BCUT2D eigenvalue weighted by Crippen LogP contribution is 2.24. The van der Waals surface area contributed by atoms with Crippen LogP contribution in [0.15, 0.2) is 54.9 Å². The van der Waals surface area contributed by atoms with Gasteiger partial charge in [0.25, 0.3) is 0 Å². The SMILES string of the molecule is [C-]#[N+]c1ccc(CNC(=O)C(CC(C)(C)C)Nc2cc(-n3cccc3)nc(NCC)n2)cc1. The van der Waals surface area contributed by atoms with Crippen molar-refractivity contribution < 1.29 is 4.79 Å². The van der Waals surface area contributed by atoms with Crippen molar-refractivity contribution in [2.24, 2.45) is 5.41 Å². The zero-order chi connectivity index (χ0) is 23.8. The Morgan fingerprint density at radius 3 is 2.45 bits per heavy atom. The van der Waals surface area contributed by atoms with Crippen LogP contribution in [-0.4, -0.2) is 33.0 Å². The molecule has 2 heterocycles. The summed E-state index contributed by atoms with van der Waals surface area (Å²) in [4.78, 5) is 25.7. The van der Waals surface area contributed by atoms with Gasteiger partial charge >= 0.3 is 0 Å². The van der Waals surface area contributed by atoms with Crippen LogP contribution in [-0.2, 0) is 11.3 Å². The molecule has 8 nitrogen and oxygen atoms in total. The minimum atomic E-state index is -0.477. The quantitative estimate of drug-likeness (QED) is 0.413. The van der Waals surface area contributed by atoms with Gasteiger partial charge in [-0.25, -0.2) is 4.85 Å². The summed E-state index contributed by atoms with van der Waals surface area (Å²) in [5, 5.41) is 9.51. The van der Waals surface area contributed by atoms with Crippen LogP contribution in [0, 0.1) is 12.0 Å². The number of hydrogen-bond donors (Lipinski definition) is 3. The zero-order valence-electron chi connectivity index (χ0n) is 19.6. The molecule has 1 aromatic carbocycles. The highest BCUT2D eigenvalue weighted by atomic mass is 16.2. The minimum absolute atomic E-state index is 0.0763. The number of benzene rings is 1. The molecule has 172 valence electrons. The molecule has 0 aliphatic heterocycles. The Kier molecular flexibility index (Phi) is 7.67. The fraction of sp³-hybridized carbons (Fsp3) is 0.360. The smallest absolute Gasteiger partial charge is 0.242 e. The molecule has 3 rings (SSSR count). The molecule has 1 amide bonds. The highest BCUT2D eigenvalue weighted by molar-refractivity contribution is 5.84. The lowest BCUT2D eigenvalue weighted by Crippen LogP contribution is -2.41. The lowest BCUT2D eigenvalue weighted by molar-refractivity contribution is -0.122. The Morgan fingerprint density at radius 2 is 1.85 bits per heavy atom. The van der Waals surface area contributed by atoms with Crippen molar-refractivity contribution in [1.29, 1.82) is 0 Å². The Balaban J connectivity index is 1.80. The number of nitrogens with zero attached hydrogens (tertiary/aromatic N) is 4. The van der Waals surface area contributed by atoms with Crippen molar-refractivity contribution in [2.45, 2.75) is 46.7 Å². The molecular formula is C25H31N7O. The van der Waals surface area contributed by atoms with E-state index in [2.05, 4.69) is 51.5 Å². The normalized spacial score (nSPS) is 12.0. The molecule has 1 atom stereocenters. The molecule has 3 aromatic rings. The second-order valence-corrected chi connectivity index (χ2v) is 9.01. The minimum Gasteiger partial charge on any atom is -0.358 e. The first kappa shape index (κ1) is 23.8. The van der Waals surface area contributed by atoms with Gasteiger partial charge in [0, 0.05) is 31.5 Å². The van der Waals surface area contributed by atoms with E-state index in [0.717, 1.165) is 5.56 Å². The number of anilines is 2. The van der Waals surface area contributed by atoms with Crippen molar-refractivity contribution in [2.75, 3.05) is 17.2 Å². The summed E-state index contributed by atoms with van der Waals surface area (Å²) in [5.41, 5.74) is 1.44. The predicted octanol–water partition coefficient (Wildman–Crippen LogP) is 4.78. The summed E-state index contributed by atoms with van der Waals surface area (Å²) in [7, 11) is 0. The van der Waals surface area contributed by atoms with Gasteiger partial charge in [-0.05, 0) is 36.5 Å². The van der Waals surface area contributed by atoms with Crippen LogP contribution >= 0.6 is 0 Å². The molecule has 0 radical (unpaired) electrons. The van der Waals surface area contributed by atoms with E-state index in [4.69, 9.17) is 6.57 Å². The number of hydrogen-bond acceptors (Lipinski definition) is 5. The Labute approximate surface area is 195 Å². The maximum Gasteiger partial charge on any atom is 0.242 e. The van der Waals surface area contributed by atoms with Gasteiger partial charge < -0.3 is 20.5 Å². The lowest BCUT2D eigenvalue weighted by atomic mass is 9.87. The molecule has 0 saturated heterocycles. The largest absolute Gasteiger partial charge is 0.358 e. The topological polar surface area (TPSA) is 88.2 Å². The van der Waals surface area contributed by atoms with Gasteiger partial charge in [-0.15, -0.1) is 0 Å². The average molecular weight is 446 g/mol. The maximum atomic E-state index is 13.2. The second-order valence-electron chi connectivity index (χ2n) is 9.01. The van der Waals surface area contributed by atoms with Crippen LogP contribution in [0.1, 0.15) is 39.7 Å². The molecule has 0 saturated carbocycles. The second kappa shape index (κ2) is 10.6. The maximum absolute atomic E-state index is 13.2. The number of amides is 1. The fourth-order valence-corrected chi connectivity index (χ4v) is 3.37. The van der Waals surface area contributed by atoms with E-state index in [1.807, 2.05) is 54.2 Å². The van der Waals surface area contributed by atoms with E-state index in [9.17, 15) is 4.79 Å². The Hall–Kier alpha value is -3.86. The van der Waals surface area contributed by atoms with Gasteiger partial charge in [-0.3, -0.25) is 4.79 Å². The summed E-state index contributed by atoms with van der Waals surface area (Å²) >= 11 is 0. The van der Waals surface area contributed by atoms with Crippen molar-refractivity contribution >= 4 is 23.4 Å². The molecule has 1 unspecified atom stereocenters. The zero-order valence-corrected chi connectivity index (χ0v) is 19.6. The third-order valence-corrected chi connectivity index (χ3v) is 4.90. The van der Waals surface area contributed by atoms with E-state index in [-0.39, 0.29) is 11.3 Å². The van der Waals surface area contributed by atoms with Crippen LogP contribution in [0.25, 0.3) is 10.7 Å². The van der Waals surface area contributed by atoms with Crippen molar-refractivity contribution in [1.82, 2.24) is 19.9 Å². The summed E-state index contributed by atoms with van der Waals surface area (Å²) in [6.07, 6.45) is 4.45. The van der Waals surface area contributed by atoms with E-state index < -0.39 is 6.04 Å². The monoisotopic (exact) mass is 445 g/mol. The van der Waals surface area contributed by atoms with E-state index in [1.54, 1.807) is 12.1 Å². The summed E-state index contributed by atoms with van der Waals surface area (Å²) < 4.78 is 1.90. The highest BCUT2D eigenvalue weighted by Gasteiger charge is 2.25. The molecule has 2 aromatic heterocycles. The summed E-state index contributed by atoms with van der Waals surface area (Å²) in [5.74, 6) is 1.69. The standard InChI is InChI=1S/C25H31N7O/c1-6-27-24-30-21(15-22(31-24)32-13-7-8-14-32)29-20(16-25(2,3)4)23(33)28-17-18-9-11-19(26-5)12-10-18/h7-15,20H,6,16-17H2,1-4H3,(H,28,33)(H2,27,29,30,31). The van der Waals surface area contributed by atoms with Crippen LogP contribution in [0.3, 0.4) is 0 Å². The number of rotatable bonds is 9. The predicted molar refractivity (Wildman–Crippen MR) is 132 cm³/mol.